The van der Waals surface area contributed by atoms with Crippen molar-refractivity contribution in [2.45, 2.75) is 25.9 Å². The first-order valence-corrected chi connectivity index (χ1v) is 3.37. The zero-order valence-corrected chi connectivity index (χ0v) is 6.07. The molecular formula is C6H12N4. The van der Waals surface area contributed by atoms with Crippen LogP contribution in [0.1, 0.15) is 13.3 Å². The number of nitrogens with two attached hydrogens (primary N) is 1. The average Bonchev–Trinajstić information content (AvgIpc) is 2.34. The van der Waals surface area contributed by atoms with E-state index in [1.807, 2.05) is 6.92 Å². The Kier molecular flexibility index (Phi) is 2.39. The molecule has 0 amide bonds. The van der Waals surface area contributed by atoms with Gasteiger partial charge in [0.1, 0.15) is 12.7 Å². The smallest absolute Gasteiger partial charge is 0.137 e. The first kappa shape index (κ1) is 7.21. The Bertz CT molecular complexity index is 168. The Hall–Kier alpha value is -0.900. The summed E-state index contributed by atoms with van der Waals surface area (Å²) in [6, 6.07) is 0.240. The van der Waals surface area contributed by atoms with Crippen molar-refractivity contribution in [2.24, 2.45) is 5.73 Å². The van der Waals surface area contributed by atoms with Crippen LogP contribution in [0.2, 0.25) is 0 Å². The van der Waals surface area contributed by atoms with Gasteiger partial charge in [0.25, 0.3) is 0 Å². The lowest BCUT2D eigenvalue weighted by molar-refractivity contribution is 0.529. The molecule has 0 radical (unpaired) electrons. The van der Waals surface area contributed by atoms with Crippen LogP contribution < -0.4 is 5.73 Å². The van der Waals surface area contributed by atoms with Gasteiger partial charge >= 0.3 is 0 Å². The van der Waals surface area contributed by atoms with Crippen molar-refractivity contribution in [1.82, 2.24) is 14.8 Å². The summed E-state index contributed by atoms with van der Waals surface area (Å²) in [5.74, 6) is 0. The van der Waals surface area contributed by atoms with Crippen molar-refractivity contribution < 1.29 is 0 Å². The Morgan fingerprint density at radius 1 is 1.70 bits per heavy atom. The van der Waals surface area contributed by atoms with Crippen LogP contribution in [0.5, 0.6) is 0 Å². The quantitative estimate of drug-likeness (QED) is 0.643. The van der Waals surface area contributed by atoms with Crippen LogP contribution >= 0.6 is 0 Å². The number of hydrogen-bond acceptors (Lipinski definition) is 3. The van der Waals surface area contributed by atoms with Gasteiger partial charge in [0.05, 0.1) is 0 Å². The summed E-state index contributed by atoms with van der Waals surface area (Å²) >= 11 is 0. The molecule has 0 aliphatic carbocycles. The Morgan fingerprint density at radius 2 is 2.50 bits per heavy atom. The molecule has 0 bridgehead atoms. The maximum absolute atomic E-state index is 5.55. The SMILES string of the molecule is CC(N)CCn1cncn1. The summed E-state index contributed by atoms with van der Waals surface area (Å²) in [5, 5.41) is 3.94. The molecule has 4 nitrogen and oxygen atoms in total. The molecule has 0 aliphatic rings. The molecule has 4 heteroatoms. The molecule has 10 heavy (non-hydrogen) atoms. The molecule has 1 aromatic rings. The number of aryl methyl sites for hydroxylation is 1. The second kappa shape index (κ2) is 3.31. The van der Waals surface area contributed by atoms with Crippen molar-refractivity contribution >= 4 is 0 Å². The monoisotopic (exact) mass is 140 g/mol. The fourth-order valence-electron chi connectivity index (χ4n) is 0.684. The van der Waals surface area contributed by atoms with Gasteiger partial charge in [-0.25, -0.2) is 4.98 Å². The maximum atomic E-state index is 5.55. The van der Waals surface area contributed by atoms with E-state index in [9.17, 15) is 0 Å². The first-order chi connectivity index (χ1) is 4.79. The zero-order chi connectivity index (χ0) is 7.40. The topological polar surface area (TPSA) is 56.7 Å². The molecule has 0 saturated carbocycles. The van der Waals surface area contributed by atoms with E-state index in [0.29, 0.717) is 0 Å². The van der Waals surface area contributed by atoms with Crippen molar-refractivity contribution in [3.05, 3.63) is 12.7 Å². The Labute approximate surface area is 60.1 Å². The third kappa shape index (κ3) is 2.14. The van der Waals surface area contributed by atoms with E-state index in [1.54, 1.807) is 11.0 Å². The van der Waals surface area contributed by atoms with E-state index in [4.69, 9.17) is 5.73 Å². The molecule has 1 atom stereocenters. The van der Waals surface area contributed by atoms with Gasteiger partial charge in [-0.15, -0.1) is 0 Å². The Morgan fingerprint density at radius 3 is 3.00 bits per heavy atom. The van der Waals surface area contributed by atoms with Gasteiger partial charge in [-0.1, -0.05) is 0 Å². The van der Waals surface area contributed by atoms with Gasteiger partial charge in [-0.3, -0.25) is 4.68 Å². The van der Waals surface area contributed by atoms with Crippen LogP contribution in [0, 0.1) is 0 Å². The van der Waals surface area contributed by atoms with Crippen LogP contribution in [0.4, 0.5) is 0 Å². The van der Waals surface area contributed by atoms with E-state index in [1.165, 1.54) is 6.33 Å². The summed E-state index contributed by atoms with van der Waals surface area (Å²) < 4.78 is 1.78. The zero-order valence-electron chi connectivity index (χ0n) is 6.07. The average molecular weight is 140 g/mol. The van der Waals surface area contributed by atoms with E-state index < -0.39 is 0 Å². The van der Waals surface area contributed by atoms with Gasteiger partial charge in [0.15, 0.2) is 0 Å². The van der Waals surface area contributed by atoms with Crippen molar-refractivity contribution in [3.8, 4) is 0 Å². The summed E-state index contributed by atoms with van der Waals surface area (Å²) in [7, 11) is 0. The Balaban J connectivity index is 2.28. The molecule has 0 aliphatic heterocycles. The number of rotatable bonds is 3. The molecule has 0 aromatic carbocycles. The molecule has 1 unspecified atom stereocenters. The van der Waals surface area contributed by atoms with Gasteiger partial charge in [-0.05, 0) is 13.3 Å². The highest BCUT2D eigenvalue weighted by atomic mass is 15.3. The van der Waals surface area contributed by atoms with Crippen molar-refractivity contribution in [1.29, 1.82) is 0 Å². The summed E-state index contributed by atoms with van der Waals surface area (Å²) in [6.07, 6.45) is 4.17. The summed E-state index contributed by atoms with van der Waals surface area (Å²) in [5.41, 5.74) is 5.55. The third-order valence-electron chi connectivity index (χ3n) is 1.28. The molecule has 1 rings (SSSR count). The minimum atomic E-state index is 0.240. The molecule has 2 N–H and O–H groups in total. The largest absolute Gasteiger partial charge is 0.328 e. The lowest BCUT2D eigenvalue weighted by Crippen LogP contribution is -2.17. The number of aromatic nitrogens is 3. The van der Waals surface area contributed by atoms with Crippen LogP contribution in [0.3, 0.4) is 0 Å². The molecule has 1 aromatic heterocycles. The van der Waals surface area contributed by atoms with Gasteiger partial charge in [-0.2, -0.15) is 5.10 Å². The van der Waals surface area contributed by atoms with Crippen LogP contribution in [-0.4, -0.2) is 20.8 Å². The predicted molar refractivity (Wildman–Crippen MR) is 38.3 cm³/mol. The highest BCUT2D eigenvalue weighted by molar-refractivity contribution is 4.58. The predicted octanol–water partition coefficient (Wildman–Crippen LogP) is 0.0154. The fourth-order valence-corrected chi connectivity index (χ4v) is 0.684. The van der Waals surface area contributed by atoms with Gasteiger partial charge in [0, 0.05) is 12.6 Å². The van der Waals surface area contributed by atoms with Gasteiger partial charge in [0.2, 0.25) is 0 Å². The minimum absolute atomic E-state index is 0.240. The van der Waals surface area contributed by atoms with E-state index >= 15 is 0 Å². The second-order valence-electron chi connectivity index (χ2n) is 2.42. The molecule has 0 saturated heterocycles. The second-order valence-corrected chi connectivity index (χ2v) is 2.42. The number of nitrogens with zero attached hydrogens (tertiary/aromatic N) is 3. The first-order valence-electron chi connectivity index (χ1n) is 3.37. The minimum Gasteiger partial charge on any atom is -0.328 e. The molecule has 1 heterocycles. The van der Waals surface area contributed by atoms with Crippen LogP contribution in [0.15, 0.2) is 12.7 Å². The van der Waals surface area contributed by atoms with E-state index in [0.717, 1.165) is 13.0 Å². The molecule has 56 valence electrons. The van der Waals surface area contributed by atoms with Crippen molar-refractivity contribution in [3.63, 3.8) is 0 Å². The lowest BCUT2D eigenvalue weighted by Gasteiger charge is -2.02. The molecule has 0 fully saturated rings. The highest BCUT2D eigenvalue weighted by Crippen LogP contribution is 1.89. The van der Waals surface area contributed by atoms with Crippen LogP contribution in [0.25, 0.3) is 0 Å². The fraction of sp³-hybridized carbons (Fsp3) is 0.667. The normalized spacial score (nSPS) is 13.4. The van der Waals surface area contributed by atoms with E-state index in [2.05, 4.69) is 10.1 Å². The lowest BCUT2D eigenvalue weighted by atomic mass is 10.2. The van der Waals surface area contributed by atoms with E-state index in [-0.39, 0.29) is 6.04 Å². The van der Waals surface area contributed by atoms with Crippen LogP contribution in [-0.2, 0) is 6.54 Å². The summed E-state index contributed by atoms with van der Waals surface area (Å²) in [4.78, 5) is 3.81. The maximum Gasteiger partial charge on any atom is 0.137 e. The van der Waals surface area contributed by atoms with Crippen molar-refractivity contribution in [2.75, 3.05) is 0 Å². The molecule has 0 spiro atoms. The highest BCUT2D eigenvalue weighted by Gasteiger charge is 1.94. The third-order valence-corrected chi connectivity index (χ3v) is 1.28. The number of hydrogen-bond donors (Lipinski definition) is 1. The standard InChI is InChI=1S/C6H12N4/c1-6(7)2-3-10-5-8-4-9-10/h4-6H,2-3,7H2,1H3. The summed E-state index contributed by atoms with van der Waals surface area (Å²) in [6.45, 7) is 2.84. The van der Waals surface area contributed by atoms with Gasteiger partial charge < -0.3 is 5.73 Å². The molecular weight excluding hydrogens is 128 g/mol.